The Labute approximate surface area is 198 Å². The summed E-state index contributed by atoms with van der Waals surface area (Å²) in [5.41, 5.74) is 3.06. The van der Waals surface area contributed by atoms with Crippen LogP contribution in [0.1, 0.15) is 79.9 Å². The van der Waals surface area contributed by atoms with Crippen LogP contribution in [0, 0.1) is 11.8 Å². The van der Waals surface area contributed by atoms with Crippen molar-refractivity contribution in [1.82, 2.24) is 0 Å². The molecule has 0 saturated heterocycles. The van der Waals surface area contributed by atoms with Crippen molar-refractivity contribution in [1.29, 1.82) is 0 Å². The van der Waals surface area contributed by atoms with Crippen molar-refractivity contribution in [2.75, 3.05) is 0 Å². The minimum Gasteiger partial charge on any atom is -0.380 e. The molecule has 4 rings (SSSR count). The van der Waals surface area contributed by atoms with E-state index in [9.17, 15) is 9.90 Å². The third kappa shape index (κ3) is 5.12. The van der Waals surface area contributed by atoms with Crippen LogP contribution in [0.5, 0.6) is 0 Å². The number of Topliss-reactive ketones (excluding diaryl/α,β-unsaturated/α-hetero) is 1. The van der Waals surface area contributed by atoms with E-state index in [1.165, 1.54) is 5.56 Å². The van der Waals surface area contributed by atoms with Crippen LogP contribution >= 0.6 is 0 Å². The topological polar surface area (TPSA) is 37.3 Å². The third-order valence-electron chi connectivity index (χ3n) is 7.41. The monoisotopic (exact) mass is 440 g/mol. The maximum absolute atomic E-state index is 12.9. The molecule has 0 heterocycles. The smallest absolute Gasteiger partial charge is 0.163 e. The van der Waals surface area contributed by atoms with Crippen LogP contribution in [0.4, 0.5) is 0 Å². The largest absolute Gasteiger partial charge is 0.380 e. The minimum absolute atomic E-state index is 0.0915. The Kier molecular flexibility index (Phi) is 6.86. The number of carbonyl (C=O) groups excluding carboxylic acids is 1. The number of ketones is 1. The molecule has 2 nitrogen and oxygen atoms in total. The molecule has 172 valence electrons. The summed E-state index contributed by atoms with van der Waals surface area (Å²) in [5.74, 6) is 0.756. The second kappa shape index (κ2) is 9.65. The summed E-state index contributed by atoms with van der Waals surface area (Å²) < 4.78 is 0. The van der Waals surface area contributed by atoms with E-state index in [-0.39, 0.29) is 17.1 Å². The van der Waals surface area contributed by atoms with E-state index < -0.39 is 5.60 Å². The van der Waals surface area contributed by atoms with Crippen molar-refractivity contribution >= 4 is 5.78 Å². The molecule has 1 N–H and O–H groups in total. The Morgan fingerprint density at radius 3 is 1.67 bits per heavy atom. The zero-order chi connectivity index (χ0) is 23.5. The maximum Gasteiger partial charge on any atom is 0.163 e. The lowest BCUT2D eigenvalue weighted by molar-refractivity contribution is -0.00759. The van der Waals surface area contributed by atoms with Crippen LogP contribution in [-0.4, -0.2) is 10.9 Å². The summed E-state index contributed by atoms with van der Waals surface area (Å²) in [5, 5.41) is 12.0. The average molecular weight is 441 g/mol. The molecule has 3 aromatic carbocycles. The number of hydrogen-bond donors (Lipinski definition) is 1. The van der Waals surface area contributed by atoms with Gasteiger partial charge in [0.1, 0.15) is 5.60 Å². The summed E-state index contributed by atoms with van der Waals surface area (Å²) in [6.45, 7) is 6.57. The van der Waals surface area contributed by atoms with Gasteiger partial charge in [-0.1, -0.05) is 106 Å². The highest BCUT2D eigenvalue weighted by atomic mass is 16.3. The normalized spacial score (nSPS) is 19.3. The van der Waals surface area contributed by atoms with Crippen molar-refractivity contribution in [2.45, 2.75) is 63.9 Å². The number of rotatable bonds is 6. The minimum atomic E-state index is -1.000. The van der Waals surface area contributed by atoms with Gasteiger partial charge >= 0.3 is 0 Å². The molecule has 3 aromatic rings. The molecule has 0 amide bonds. The summed E-state index contributed by atoms with van der Waals surface area (Å²) in [6.07, 6.45) is 4.37. The van der Waals surface area contributed by atoms with Gasteiger partial charge in [-0.2, -0.15) is 0 Å². The molecular weight excluding hydrogens is 404 g/mol. The number of carbonyl (C=O) groups is 1. The fraction of sp³-hybridized carbons (Fsp3) is 0.387. The van der Waals surface area contributed by atoms with Gasteiger partial charge < -0.3 is 5.11 Å². The standard InChI is InChI=1S/C31H36O2/c1-30(2,3)25-20-16-24(17-21-25)29(32)22-23-14-18-28(19-15-23)31(33,26-10-6-4-7-11-26)27-12-8-5-9-13-27/h4-13,16-17,20-21,23,28,33H,14-15,18-19,22H2,1-3H3. The fourth-order valence-corrected chi connectivity index (χ4v) is 5.34. The van der Waals surface area contributed by atoms with Gasteiger partial charge in [0.25, 0.3) is 0 Å². The predicted molar refractivity (Wildman–Crippen MR) is 135 cm³/mol. The summed E-state index contributed by atoms with van der Waals surface area (Å²) in [6, 6.07) is 28.2. The second-order valence-electron chi connectivity index (χ2n) is 10.7. The Hall–Kier alpha value is -2.71. The lowest BCUT2D eigenvalue weighted by Gasteiger charge is -2.41. The molecule has 0 aromatic heterocycles. The Balaban J connectivity index is 1.44. The lowest BCUT2D eigenvalue weighted by atomic mass is 9.67. The first-order chi connectivity index (χ1) is 15.8. The number of hydrogen-bond acceptors (Lipinski definition) is 2. The van der Waals surface area contributed by atoms with E-state index in [0.717, 1.165) is 42.4 Å². The first-order valence-corrected chi connectivity index (χ1v) is 12.3. The molecule has 2 heteroatoms. The van der Waals surface area contributed by atoms with Crippen molar-refractivity contribution in [3.8, 4) is 0 Å². The highest BCUT2D eigenvalue weighted by Gasteiger charge is 2.41. The summed E-state index contributed by atoms with van der Waals surface area (Å²) in [7, 11) is 0. The van der Waals surface area contributed by atoms with Crippen LogP contribution in [-0.2, 0) is 11.0 Å². The van der Waals surface area contributed by atoms with Crippen LogP contribution in [0.15, 0.2) is 84.9 Å². The molecule has 0 spiro atoms. The molecule has 1 saturated carbocycles. The molecule has 0 unspecified atom stereocenters. The van der Waals surface area contributed by atoms with Crippen LogP contribution in [0.25, 0.3) is 0 Å². The van der Waals surface area contributed by atoms with Gasteiger partial charge in [0, 0.05) is 12.0 Å². The van der Waals surface area contributed by atoms with Gasteiger partial charge in [0.2, 0.25) is 0 Å². The van der Waals surface area contributed by atoms with E-state index in [1.54, 1.807) is 0 Å². The first-order valence-electron chi connectivity index (χ1n) is 12.3. The average Bonchev–Trinajstić information content (AvgIpc) is 2.84. The van der Waals surface area contributed by atoms with Gasteiger partial charge in [-0.05, 0) is 59.6 Å². The third-order valence-corrected chi connectivity index (χ3v) is 7.41. The number of benzene rings is 3. The molecule has 1 fully saturated rings. The summed E-state index contributed by atoms with van der Waals surface area (Å²) >= 11 is 0. The van der Waals surface area contributed by atoms with Crippen molar-refractivity contribution < 1.29 is 9.90 Å². The van der Waals surface area contributed by atoms with E-state index in [1.807, 2.05) is 72.8 Å². The highest BCUT2D eigenvalue weighted by Crippen LogP contribution is 2.45. The molecular formula is C31H36O2. The Morgan fingerprint density at radius 1 is 0.727 bits per heavy atom. The summed E-state index contributed by atoms with van der Waals surface area (Å²) in [4.78, 5) is 12.9. The maximum atomic E-state index is 12.9. The van der Waals surface area contributed by atoms with Crippen molar-refractivity contribution in [2.24, 2.45) is 11.8 Å². The lowest BCUT2D eigenvalue weighted by Crippen LogP contribution is -2.38. The Morgan fingerprint density at radius 2 is 1.21 bits per heavy atom. The first kappa shape index (κ1) is 23.4. The molecule has 1 aliphatic carbocycles. The fourth-order valence-electron chi connectivity index (χ4n) is 5.34. The van der Waals surface area contributed by atoms with Crippen LogP contribution in [0.3, 0.4) is 0 Å². The zero-order valence-corrected chi connectivity index (χ0v) is 20.1. The van der Waals surface area contributed by atoms with Crippen molar-refractivity contribution in [3.63, 3.8) is 0 Å². The van der Waals surface area contributed by atoms with E-state index >= 15 is 0 Å². The van der Waals surface area contributed by atoms with Gasteiger partial charge in [-0.25, -0.2) is 0 Å². The SMILES string of the molecule is CC(C)(C)c1ccc(C(=O)CC2CCC(C(O)(c3ccccc3)c3ccccc3)CC2)cc1. The van der Waals surface area contributed by atoms with E-state index in [0.29, 0.717) is 12.3 Å². The molecule has 0 bridgehead atoms. The van der Waals surface area contributed by atoms with Crippen LogP contribution < -0.4 is 0 Å². The highest BCUT2D eigenvalue weighted by molar-refractivity contribution is 5.96. The van der Waals surface area contributed by atoms with Gasteiger partial charge in [0.05, 0.1) is 0 Å². The molecule has 0 radical (unpaired) electrons. The van der Waals surface area contributed by atoms with Gasteiger partial charge in [-0.3, -0.25) is 4.79 Å². The van der Waals surface area contributed by atoms with E-state index in [2.05, 4.69) is 32.9 Å². The number of aliphatic hydroxyl groups is 1. The molecule has 1 aliphatic rings. The van der Waals surface area contributed by atoms with Gasteiger partial charge in [-0.15, -0.1) is 0 Å². The molecule has 33 heavy (non-hydrogen) atoms. The van der Waals surface area contributed by atoms with E-state index in [4.69, 9.17) is 0 Å². The second-order valence-corrected chi connectivity index (χ2v) is 10.7. The van der Waals surface area contributed by atoms with Crippen LogP contribution in [0.2, 0.25) is 0 Å². The molecule has 0 aliphatic heterocycles. The van der Waals surface area contributed by atoms with Gasteiger partial charge in [0.15, 0.2) is 5.78 Å². The zero-order valence-electron chi connectivity index (χ0n) is 20.1. The Bertz CT molecular complexity index is 998. The predicted octanol–water partition coefficient (Wildman–Crippen LogP) is 7.30. The molecule has 0 atom stereocenters. The van der Waals surface area contributed by atoms with Crippen molar-refractivity contribution in [3.05, 3.63) is 107 Å². The quantitative estimate of drug-likeness (QED) is 0.408.